The molecule has 1 aromatic carbocycles. The van der Waals surface area contributed by atoms with Gasteiger partial charge in [0, 0.05) is 18.5 Å². The van der Waals surface area contributed by atoms with Crippen molar-refractivity contribution >= 4 is 17.7 Å². The van der Waals surface area contributed by atoms with Crippen molar-refractivity contribution in [3.05, 3.63) is 29.8 Å². The summed E-state index contributed by atoms with van der Waals surface area (Å²) in [7, 11) is 1.56. The minimum absolute atomic E-state index is 0.0608. The van der Waals surface area contributed by atoms with Crippen LogP contribution in [0.3, 0.4) is 0 Å². The number of benzene rings is 1. The lowest BCUT2D eigenvalue weighted by Crippen LogP contribution is -2.48. The zero-order chi connectivity index (χ0) is 19.9. The average molecular weight is 375 g/mol. The second-order valence-electron chi connectivity index (χ2n) is 7.81. The van der Waals surface area contributed by atoms with Gasteiger partial charge >= 0.3 is 0 Å². The highest BCUT2D eigenvalue weighted by atomic mass is 16.7. The summed E-state index contributed by atoms with van der Waals surface area (Å²) in [6.45, 7) is 5.64. The zero-order valence-electron chi connectivity index (χ0n) is 16.0. The van der Waals surface area contributed by atoms with E-state index in [4.69, 9.17) is 15.3 Å². The molecule has 0 aliphatic carbocycles. The Morgan fingerprint density at radius 1 is 1.26 bits per heavy atom. The maximum absolute atomic E-state index is 13.1. The van der Waals surface area contributed by atoms with Crippen molar-refractivity contribution < 1.29 is 24.0 Å². The Bertz CT molecular complexity index is 773. The predicted octanol–water partition coefficient (Wildman–Crippen LogP) is 1.01. The summed E-state index contributed by atoms with van der Waals surface area (Å²) in [5, 5.41) is 1.53. The van der Waals surface area contributed by atoms with Crippen molar-refractivity contribution in [2.75, 3.05) is 13.7 Å². The molecular weight excluding hydrogens is 350 g/mol. The molecule has 3 rings (SSSR count). The molecule has 8 nitrogen and oxygen atoms in total. The maximum atomic E-state index is 13.1. The van der Waals surface area contributed by atoms with E-state index in [9.17, 15) is 14.4 Å². The molecule has 0 spiro atoms. The Balaban J connectivity index is 2.00. The molecule has 146 valence electrons. The van der Waals surface area contributed by atoms with E-state index in [0.717, 1.165) is 5.56 Å². The molecule has 2 aliphatic heterocycles. The SMILES string of the molecule is COc1cccc(C2C3C(=O)N(C(C)(C)C)C(=O)C3ON2CCC(N)=O)c1. The number of hydrogen-bond acceptors (Lipinski definition) is 6. The number of hydrogen-bond donors (Lipinski definition) is 1. The molecule has 2 saturated heterocycles. The fourth-order valence-electron chi connectivity index (χ4n) is 3.74. The molecular formula is C19H25N3O5. The van der Waals surface area contributed by atoms with Gasteiger partial charge in [0.2, 0.25) is 11.8 Å². The summed E-state index contributed by atoms with van der Waals surface area (Å²) in [4.78, 5) is 44.4. The van der Waals surface area contributed by atoms with Crippen LogP contribution in [0.15, 0.2) is 24.3 Å². The summed E-state index contributed by atoms with van der Waals surface area (Å²) < 4.78 is 5.29. The number of rotatable bonds is 5. The predicted molar refractivity (Wildman–Crippen MR) is 96.2 cm³/mol. The summed E-state index contributed by atoms with van der Waals surface area (Å²) in [5.41, 5.74) is 5.41. The van der Waals surface area contributed by atoms with E-state index in [0.29, 0.717) is 5.75 Å². The number of carbonyl (C=O) groups excluding carboxylic acids is 3. The van der Waals surface area contributed by atoms with E-state index >= 15 is 0 Å². The van der Waals surface area contributed by atoms with E-state index in [1.165, 1.54) is 9.96 Å². The second kappa shape index (κ2) is 6.94. The average Bonchev–Trinajstić information content (AvgIpc) is 3.08. The van der Waals surface area contributed by atoms with Crippen LogP contribution in [0, 0.1) is 5.92 Å². The molecule has 0 saturated carbocycles. The minimum atomic E-state index is -0.902. The lowest BCUT2D eigenvalue weighted by Gasteiger charge is -2.33. The van der Waals surface area contributed by atoms with Crippen LogP contribution in [-0.4, -0.2) is 53.0 Å². The molecule has 0 bridgehead atoms. The maximum Gasteiger partial charge on any atom is 0.261 e. The Morgan fingerprint density at radius 2 is 1.96 bits per heavy atom. The Labute approximate surface area is 158 Å². The molecule has 1 aromatic rings. The summed E-state index contributed by atoms with van der Waals surface area (Å²) in [5.74, 6) is -1.15. The largest absolute Gasteiger partial charge is 0.497 e. The molecule has 3 amide bonds. The van der Waals surface area contributed by atoms with Gasteiger partial charge in [0.05, 0.1) is 19.1 Å². The van der Waals surface area contributed by atoms with Crippen LogP contribution < -0.4 is 10.5 Å². The first-order chi connectivity index (χ1) is 12.6. The molecule has 3 unspecified atom stereocenters. The highest BCUT2D eigenvalue weighted by Crippen LogP contribution is 2.46. The third kappa shape index (κ3) is 3.42. The summed E-state index contributed by atoms with van der Waals surface area (Å²) >= 11 is 0. The first kappa shape index (κ1) is 19.3. The van der Waals surface area contributed by atoms with E-state index in [2.05, 4.69) is 0 Å². The van der Waals surface area contributed by atoms with Gasteiger partial charge in [0.25, 0.3) is 5.91 Å². The standard InChI is InChI=1S/C19H25N3O5/c1-19(2,3)22-17(24)14-15(11-6-5-7-12(10-11)26-4)21(9-8-13(20)23)27-16(14)18(22)25/h5-7,10,14-16H,8-9H2,1-4H3,(H2,20,23). The van der Waals surface area contributed by atoms with Crippen molar-refractivity contribution in [2.24, 2.45) is 11.7 Å². The van der Waals surface area contributed by atoms with Gasteiger partial charge in [-0.2, -0.15) is 5.06 Å². The normalized spacial score (nSPS) is 25.8. The number of fused-ring (bicyclic) bond motifs is 1. The number of imide groups is 1. The van der Waals surface area contributed by atoms with E-state index in [-0.39, 0.29) is 24.8 Å². The van der Waals surface area contributed by atoms with Gasteiger partial charge in [-0.25, -0.2) is 0 Å². The lowest BCUT2D eigenvalue weighted by atomic mass is 9.90. The van der Waals surface area contributed by atoms with Crippen molar-refractivity contribution in [3.8, 4) is 5.75 Å². The first-order valence-corrected chi connectivity index (χ1v) is 8.88. The number of nitrogens with two attached hydrogens (primary N) is 1. The summed E-state index contributed by atoms with van der Waals surface area (Å²) in [6.07, 6.45) is -0.841. The molecule has 2 fully saturated rings. The number of nitrogens with zero attached hydrogens (tertiary/aromatic N) is 2. The van der Waals surface area contributed by atoms with Gasteiger partial charge in [0.1, 0.15) is 5.75 Å². The van der Waals surface area contributed by atoms with Crippen molar-refractivity contribution in [2.45, 2.75) is 44.9 Å². The first-order valence-electron chi connectivity index (χ1n) is 8.88. The molecule has 2 N–H and O–H groups in total. The molecule has 27 heavy (non-hydrogen) atoms. The third-order valence-corrected chi connectivity index (χ3v) is 4.88. The zero-order valence-corrected chi connectivity index (χ0v) is 16.0. The van der Waals surface area contributed by atoms with Crippen LogP contribution in [0.4, 0.5) is 0 Å². The third-order valence-electron chi connectivity index (χ3n) is 4.88. The smallest absolute Gasteiger partial charge is 0.261 e. The van der Waals surface area contributed by atoms with E-state index in [1.54, 1.807) is 13.2 Å². The van der Waals surface area contributed by atoms with Gasteiger partial charge < -0.3 is 10.5 Å². The topological polar surface area (TPSA) is 102 Å². The lowest BCUT2D eigenvalue weighted by molar-refractivity contribution is -0.182. The summed E-state index contributed by atoms with van der Waals surface area (Å²) in [6, 6.07) is 6.77. The van der Waals surface area contributed by atoms with Gasteiger partial charge in [-0.15, -0.1) is 0 Å². The second-order valence-corrected chi connectivity index (χ2v) is 7.81. The molecule has 0 radical (unpaired) electrons. The van der Waals surface area contributed by atoms with Crippen LogP contribution in [0.1, 0.15) is 38.8 Å². The molecule has 2 aliphatic rings. The fourth-order valence-corrected chi connectivity index (χ4v) is 3.74. The highest BCUT2D eigenvalue weighted by molar-refractivity contribution is 6.08. The van der Waals surface area contributed by atoms with Gasteiger partial charge in [-0.3, -0.25) is 24.1 Å². The van der Waals surface area contributed by atoms with Crippen molar-refractivity contribution in [1.82, 2.24) is 9.96 Å². The van der Waals surface area contributed by atoms with Gasteiger partial charge in [-0.1, -0.05) is 12.1 Å². The fraction of sp³-hybridized carbons (Fsp3) is 0.526. The number of primary amides is 1. The Kier molecular flexibility index (Phi) is 4.96. The monoisotopic (exact) mass is 375 g/mol. The van der Waals surface area contributed by atoms with Gasteiger partial charge in [0.15, 0.2) is 6.10 Å². The highest BCUT2D eigenvalue weighted by Gasteiger charge is 2.61. The van der Waals surface area contributed by atoms with Crippen molar-refractivity contribution in [3.63, 3.8) is 0 Å². The van der Waals surface area contributed by atoms with Crippen LogP contribution in [-0.2, 0) is 19.2 Å². The van der Waals surface area contributed by atoms with Crippen LogP contribution in [0.25, 0.3) is 0 Å². The van der Waals surface area contributed by atoms with Crippen LogP contribution >= 0.6 is 0 Å². The van der Waals surface area contributed by atoms with Crippen molar-refractivity contribution in [1.29, 1.82) is 0 Å². The number of ether oxygens (including phenoxy) is 1. The molecule has 2 heterocycles. The number of likely N-dealkylation sites (tertiary alicyclic amines) is 1. The minimum Gasteiger partial charge on any atom is -0.497 e. The quantitative estimate of drug-likeness (QED) is 0.771. The Hall–Kier alpha value is -2.45. The number of amides is 3. The van der Waals surface area contributed by atoms with Crippen LogP contribution in [0.5, 0.6) is 5.75 Å². The van der Waals surface area contributed by atoms with Crippen LogP contribution in [0.2, 0.25) is 0 Å². The Morgan fingerprint density at radius 3 is 2.56 bits per heavy atom. The number of carbonyl (C=O) groups is 3. The number of hydroxylamine groups is 2. The van der Waals surface area contributed by atoms with E-state index < -0.39 is 29.5 Å². The molecule has 3 atom stereocenters. The molecule has 8 heteroatoms. The van der Waals surface area contributed by atoms with E-state index in [1.807, 2.05) is 39.0 Å². The molecule has 0 aromatic heterocycles. The number of methoxy groups -OCH3 is 1. The van der Waals surface area contributed by atoms with Gasteiger partial charge in [-0.05, 0) is 38.5 Å².